The molecule has 0 bridgehead atoms. The van der Waals surface area contributed by atoms with Crippen LogP contribution in [0.1, 0.15) is 12.0 Å². The minimum Gasteiger partial charge on any atom is -0.385 e. The number of rotatable bonds is 10. The molecule has 0 heterocycles. The topological polar surface area (TPSA) is 64.8 Å². The van der Waals surface area contributed by atoms with E-state index in [1.54, 1.807) is 19.1 Å². The SMILES string of the molecule is COCCCN(CCOC)C(=O)[C@@H](N)Cc1ccccc1. The van der Waals surface area contributed by atoms with Crippen molar-refractivity contribution in [2.24, 2.45) is 5.73 Å². The third-order valence-electron chi connectivity index (χ3n) is 3.27. The van der Waals surface area contributed by atoms with Gasteiger partial charge >= 0.3 is 0 Å². The zero-order valence-electron chi connectivity index (χ0n) is 13.0. The number of amides is 1. The Morgan fingerprint density at radius 2 is 1.81 bits per heavy atom. The van der Waals surface area contributed by atoms with E-state index in [0.717, 1.165) is 12.0 Å². The number of nitrogens with zero attached hydrogens (tertiary/aromatic N) is 1. The maximum absolute atomic E-state index is 12.5. The molecule has 118 valence electrons. The van der Waals surface area contributed by atoms with E-state index in [2.05, 4.69) is 0 Å². The zero-order chi connectivity index (χ0) is 15.5. The highest BCUT2D eigenvalue weighted by atomic mass is 16.5. The fourth-order valence-corrected chi connectivity index (χ4v) is 2.12. The van der Waals surface area contributed by atoms with Gasteiger partial charge in [0, 0.05) is 33.9 Å². The second-order valence-corrected chi connectivity index (χ2v) is 4.96. The predicted molar refractivity (Wildman–Crippen MR) is 83.1 cm³/mol. The second-order valence-electron chi connectivity index (χ2n) is 4.96. The van der Waals surface area contributed by atoms with E-state index in [-0.39, 0.29) is 5.91 Å². The van der Waals surface area contributed by atoms with Crippen LogP contribution in [0.25, 0.3) is 0 Å². The fraction of sp³-hybridized carbons (Fsp3) is 0.562. The average Bonchev–Trinajstić information content (AvgIpc) is 2.51. The first-order valence-electron chi connectivity index (χ1n) is 7.25. The Bertz CT molecular complexity index is 398. The Hall–Kier alpha value is -1.43. The predicted octanol–water partition coefficient (Wildman–Crippen LogP) is 1.07. The van der Waals surface area contributed by atoms with Gasteiger partial charge in [-0.05, 0) is 18.4 Å². The van der Waals surface area contributed by atoms with E-state index in [9.17, 15) is 4.79 Å². The standard InChI is InChI=1S/C16H26N2O3/c1-20-11-6-9-18(10-12-21-2)16(19)15(17)13-14-7-4-3-5-8-14/h3-5,7-8,15H,6,9-13,17H2,1-2H3/t15-/m0/s1. The number of benzene rings is 1. The third kappa shape index (κ3) is 6.71. The summed E-state index contributed by atoms with van der Waals surface area (Å²) in [4.78, 5) is 14.2. The van der Waals surface area contributed by atoms with Crippen LogP contribution in [0.2, 0.25) is 0 Å². The van der Waals surface area contributed by atoms with Gasteiger partial charge < -0.3 is 20.1 Å². The number of hydrogen-bond donors (Lipinski definition) is 1. The first kappa shape index (κ1) is 17.6. The van der Waals surface area contributed by atoms with Crippen molar-refractivity contribution in [3.05, 3.63) is 35.9 Å². The highest BCUT2D eigenvalue weighted by Crippen LogP contribution is 2.05. The first-order chi connectivity index (χ1) is 10.2. The second kappa shape index (κ2) is 10.3. The summed E-state index contributed by atoms with van der Waals surface area (Å²) in [6, 6.07) is 9.30. The molecule has 2 N–H and O–H groups in total. The Morgan fingerprint density at radius 3 is 2.43 bits per heavy atom. The molecule has 1 aromatic rings. The monoisotopic (exact) mass is 294 g/mol. The Kier molecular flexibility index (Phi) is 8.66. The zero-order valence-corrected chi connectivity index (χ0v) is 13.0. The molecule has 0 radical (unpaired) electrons. The maximum atomic E-state index is 12.5. The molecular formula is C16H26N2O3. The molecule has 0 aliphatic carbocycles. The van der Waals surface area contributed by atoms with Gasteiger partial charge in [-0.15, -0.1) is 0 Å². The molecule has 0 aromatic heterocycles. The van der Waals surface area contributed by atoms with E-state index < -0.39 is 6.04 Å². The van der Waals surface area contributed by atoms with Crippen LogP contribution in [0, 0.1) is 0 Å². The molecule has 5 nitrogen and oxygen atoms in total. The first-order valence-corrected chi connectivity index (χ1v) is 7.25. The van der Waals surface area contributed by atoms with E-state index in [4.69, 9.17) is 15.2 Å². The number of ether oxygens (including phenoxy) is 2. The van der Waals surface area contributed by atoms with Gasteiger partial charge in [0.1, 0.15) is 0 Å². The van der Waals surface area contributed by atoms with Crippen molar-refractivity contribution in [1.29, 1.82) is 0 Å². The fourth-order valence-electron chi connectivity index (χ4n) is 2.12. The van der Waals surface area contributed by atoms with Crippen molar-refractivity contribution in [2.45, 2.75) is 18.9 Å². The van der Waals surface area contributed by atoms with Gasteiger partial charge in [0.05, 0.1) is 12.6 Å². The number of nitrogens with two attached hydrogens (primary N) is 1. The number of carbonyl (C=O) groups excluding carboxylic acids is 1. The molecule has 0 spiro atoms. The molecule has 0 saturated heterocycles. The number of hydrogen-bond acceptors (Lipinski definition) is 4. The van der Waals surface area contributed by atoms with Crippen molar-refractivity contribution >= 4 is 5.91 Å². The molecule has 0 aliphatic rings. The molecule has 1 atom stereocenters. The van der Waals surface area contributed by atoms with E-state index in [0.29, 0.717) is 32.7 Å². The summed E-state index contributed by atoms with van der Waals surface area (Å²) in [5.41, 5.74) is 7.13. The molecule has 1 amide bonds. The van der Waals surface area contributed by atoms with Crippen LogP contribution >= 0.6 is 0 Å². The highest BCUT2D eigenvalue weighted by Gasteiger charge is 2.20. The summed E-state index contributed by atoms with van der Waals surface area (Å²) in [6.07, 6.45) is 1.34. The van der Waals surface area contributed by atoms with Crippen LogP contribution in [0.5, 0.6) is 0 Å². The van der Waals surface area contributed by atoms with Crippen molar-refractivity contribution in [2.75, 3.05) is 40.5 Å². The van der Waals surface area contributed by atoms with Crippen LogP contribution in [-0.2, 0) is 20.7 Å². The van der Waals surface area contributed by atoms with Crippen LogP contribution in [0.3, 0.4) is 0 Å². The van der Waals surface area contributed by atoms with Crippen molar-refractivity contribution in [3.8, 4) is 0 Å². The van der Waals surface area contributed by atoms with E-state index in [1.165, 1.54) is 0 Å². The average molecular weight is 294 g/mol. The van der Waals surface area contributed by atoms with Gasteiger partial charge in [0.25, 0.3) is 0 Å². The number of carbonyl (C=O) groups is 1. The van der Waals surface area contributed by atoms with Crippen LogP contribution in [0.4, 0.5) is 0 Å². The van der Waals surface area contributed by atoms with E-state index in [1.807, 2.05) is 30.3 Å². The molecule has 0 fully saturated rings. The van der Waals surface area contributed by atoms with Gasteiger partial charge in [-0.3, -0.25) is 4.79 Å². The summed E-state index contributed by atoms with van der Waals surface area (Å²) < 4.78 is 10.1. The lowest BCUT2D eigenvalue weighted by atomic mass is 10.1. The Morgan fingerprint density at radius 1 is 1.14 bits per heavy atom. The Balaban J connectivity index is 2.55. The maximum Gasteiger partial charge on any atom is 0.239 e. The smallest absolute Gasteiger partial charge is 0.239 e. The summed E-state index contributed by atoms with van der Waals surface area (Å²) in [5, 5.41) is 0. The summed E-state index contributed by atoms with van der Waals surface area (Å²) >= 11 is 0. The van der Waals surface area contributed by atoms with Crippen molar-refractivity contribution in [1.82, 2.24) is 4.90 Å². The summed E-state index contributed by atoms with van der Waals surface area (Å²) in [6.45, 7) is 2.33. The molecule has 21 heavy (non-hydrogen) atoms. The van der Waals surface area contributed by atoms with Crippen molar-refractivity contribution < 1.29 is 14.3 Å². The lowest BCUT2D eigenvalue weighted by molar-refractivity contribution is -0.133. The summed E-state index contributed by atoms with van der Waals surface area (Å²) in [7, 11) is 3.28. The number of methoxy groups -OCH3 is 2. The molecule has 0 aliphatic heterocycles. The molecule has 0 unspecified atom stereocenters. The van der Waals surface area contributed by atoms with Gasteiger partial charge in [-0.25, -0.2) is 0 Å². The third-order valence-corrected chi connectivity index (χ3v) is 3.27. The van der Waals surface area contributed by atoms with E-state index >= 15 is 0 Å². The van der Waals surface area contributed by atoms with Gasteiger partial charge in [-0.1, -0.05) is 30.3 Å². The minimum absolute atomic E-state index is 0.0352. The van der Waals surface area contributed by atoms with Crippen molar-refractivity contribution in [3.63, 3.8) is 0 Å². The molecule has 1 aromatic carbocycles. The van der Waals surface area contributed by atoms with Gasteiger partial charge in [0.15, 0.2) is 0 Å². The van der Waals surface area contributed by atoms with Gasteiger partial charge in [-0.2, -0.15) is 0 Å². The Labute approximate surface area is 127 Å². The van der Waals surface area contributed by atoms with Crippen LogP contribution < -0.4 is 5.73 Å². The minimum atomic E-state index is -0.521. The summed E-state index contributed by atoms with van der Waals surface area (Å²) in [5.74, 6) is -0.0352. The lowest BCUT2D eigenvalue weighted by Crippen LogP contribution is -2.46. The largest absolute Gasteiger partial charge is 0.385 e. The van der Waals surface area contributed by atoms with Crippen LogP contribution in [0.15, 0.2) is 30.3 Å². The lowest BCUT2D eigenvalue weighted by Gasteiger charge is -2.25. The normalized spacial score (nSPS) is 12.1. The molecular weight excluding hydrogens is 268 g/mol. The molecule has 5 heteroatoms. The quantitative estimate of drug-likeness (QED) is 0.656. The van der Waals surface area contributed by atoms with Gasteiger partial charge in [0.2, 0.25) is 5.91 Å². The highest BCUT2D eigenvalue weighted by molar-refractivity contribution is 5.82. The molecule has 1 rings (SSSR count). The van der Waals surface area contributed by atoms with Crippen LogP contribution in [-0.4, -0.2) is 57.4 Å². The molecule has 0 saturated carbocycles.